The molecule has 0 saturated carbocycles. The average molecular weight is 216 g/mol. The van der Waals surface area contributed by atoms with Gasteiger partial charge in [0.05, 0.1) is 11.4 Å². The molecule has 1 amide bonds. The van der Waals surface area contributed by atoms with Gasteiger partial charge in [0.15, 0.2) is 0 Å². The van der Waals surface area contributed by atoms with Crippen molar-refractivity contribution in [1.29, 1.82) is 0 Å². The number of nitrogens with two attached hydrogens (primary N) is 1. The first-order valence-electron chi connectivity index (χ1n) is 4.80. The van der Waals surface area contributed by atoms with Gasteiger partial charge in [0.1, 0.15) is 0 Å². The van der Waals surface area contributed by atoms with Crippen LogP contribution in [0.5, 0.6) is 0 Å². The van der Waals surface area contributed by atoms with Crippen LogP contribution in [0.2, 0.25) is 0 Å². The first-order chi connectivity index (χ1) is 6.63. The zero-order chi connectivity index (χ0) is 10.6. The Labute approximate surface area is 89.1 Å². The SMILES string of the molecule is NC(=S)CC(=O)N1CCC(CCO)C1. The third-order valence-corrected chi connectivity index (χ3v) is 2.65. The van der Waals surface area contributed by atoms with E-state index in [-0.39, 0.29) is 23.9 Å². The van der Waals surface area contributed by atoms with Gasteiger partial charge in [-0.15, -0.1) is 0 Å². The van der Waals surface area contributed by atoms with Gasteiger partial charge in [-0.2, -0.15) is 0 Å². The number of carbonyl (C=O) groups excluding carboxylic acids is 1. The molecule has 0 aliphatic carbocycles. The highest BCUT2D eigenvalue weighted by Crippen LogP contribution is 2.19. The van der Waals surface area contributed by atoms with E-state index in [4.69, 9.17) is 10.8 Å². The summed E-state index contributed by atoms with van der Waals surface area (Å²) < 4.78 is 0. The molecular formula is C9H16N2O2S. The maximum atomic E-state index is 11.5. The molecule has 0 radical (unpaired) electrons. The lowest BCUT2D eigenvalue weighted by atomic mass is 10.1. The second-order valence-electron chi connectivity index (χ2n) is 3.65. The number of likely N-dealkylation sites (tertiary alicyclic amines) is 1. The lowest BCUT2D eigenvalue weighted by Crippen LogP contribution is -2.31. The number of rotatable bonds is 4. The van der Waals surface area contributed by atoms with E-state index in [0.717, 1.165) is 25.9 Å². The molecule has 1 rings (SSSR count). The van der Waals surface area contributed by atoms with Gasteiger partial charge in [0.25, 0.3) is 0 Å². The van der Waals surface area contributed by atoms with Crippen LogP contribution in [0, 0.1) is 5.92 Å². The summed E-state index contributed by atoms with van der Waals surface area (Å²) >= 11 is 4.68. The Morgan fingerprint density at radius 2 is 2.36 bits per heavy atom. The van der Waals surface area contributed by atoms with E-state index in [1.54, 1.807) is 4.90 Å². The molecule has 0 bridgehead atoms. The Hall–Kier alpha value is -0.680. The van der Waals surface area contributed by atoms with Crippen LogP contribution in [0.25, 0.3) is 0 Å². The van der Waals surface area contributed by atoms with Crippen LogP contribution in [0.4, 0.5) is 0 Å². The maximum Gasteiger partial charge on any atom is 0.229 e. The van der Waals surface area contributed by atoms with Crippen molar-refractivity contribution in [3.8, 4) is 0 Å². The molecule has 1 unspecified atom stereocenters. The number of hydrogen-bond acceptors (Lipinski definition) is 3. The van der Waals surface area contributed by atoms with E-state index in [9.17, 15) is 4.79 Å². The Balaban J connectivity index is 2.34. The molecule has 14 heavy (non-hydrogen) atoms. The van der Waals surface area contributed by atoms with E-state index < -0.39 is 0 Å². The van der Waals surface area contributed by atoms with Gasteiger partial charge in [-0.05, 0) is 18.8 Å². The van der Waals surface area contributed by atoms with Crippen LogP contribution >= 0.6 is 12.2 Å². The molecule has 1 heterocycles. The molecule has 1 aliphatic rings. The molecule has 0 aromatic carbocycles. The number of aliphatic hydroxyl groups is 1. The number of amides is 1. The molecular weight excluding hydrogens is 200 g/mol. The number of nitrogens with zero attached hydrogens (tertiary/aromatic N) is 1. The third kappa shape index (κ3) is 3.23. The second kappa shape index (κ2) is 5.26. The van der Waals surface area contributed by atoms with E-state index in [1.165, 1.54) is 0 Å². The predicted molar refractivity (Wildman–Crippen MR) is 57.8 cm³/mol. The Morgan fingerprint density at radius 3 is 2.93 bits per heavy atom. The van der Waals surface area contributed by atoms with E-state index >= 15 is 0 Å². The van der Waals surface area contributed by atoms with Gasteiger partial charge in [0.2, 0.25) is 5.91 Å². The Bertz CT molecular complexity index is 233. The minimum Gasteiger partial charge on any atom is -0.396 e. The molecule has 3 N–H and O–H groups in total. The second-order valence-corrected chi connectivity index (χ2v) is 4.17. The quantitative estimate of drug-likeness (QED) is 0.644. The smallest absolute Gasteiger partial charge is 0.229 e. The summed E-state index contributed by atoms with van der Waals surface area (Å²) in [6.45, 7) is 1.70. The van der Waals surface area contributed by atoms with E-state index in [0.29, 0.717) is 5.92 Å². The summed E-state index contributed by atoms with van der Waals surface area (Å²) in [6, 6.07) is 0. The summed E-state index contributed by atoms with van der Waals surface area (Å²) in [4.78, 5) is 13.5. The van der Waals surface area contributed by atoms with Crippen LogP contribution in [0.15, 0.2) is 0 Å². The molecule has 1 aliphatic heterocycles. The van der Waals surface area contributed by atoms with Crippen LogP contribution in [0.3, 0.4) is 0 Å². The van der Waals surface area contributed by atoms with Crippen molar-refractivity contribution in [2.24, 2.45) is 11.7 Å². The highest BCUT2D eigenvalue weighted by molar-refractivity contribution is 7.80. The van der Waals surface area contributed by atoms with Crippen molar-refractivity contribution in [2.45, 2.75) is 19.3 Å². The lowest BCUT2D eigenvalue weighted by Gasteiger charge is -2.15. The molecule has 80 valence electrons. The summed E-state index contributed by atoms with van der Waals surface area (Å²) in [7, 11) is 0. The van der Waals surface area contributed by atoms with Crippen molar-refractivity contribution < 1.29 is 9.90 Å². The van der Waals surface area contributed by atoms with Gasteiger partial charge >= 0.3 is 0 Å². The first-order valence-corrected chi connectivity index (χ1v) is 5.21. The van der Waals surface area contributed by atoms with Gasteiger partial charge < -0.3 is 15.7 Å². The normalized spacial score (nSPS) is 21.2. The standard InChI is InChI=1S/C9H16N2O2S/c10-8(14)5-9(13)11-3-1-7(6-11)2-4-12/h7,12H,1-6H2,(H2,10,14). The summed E-state index contributed by atoms with van der Waals surface area (Å²) in [5.41, 5.74) is 5.30. The molecule has 1 atom stereocenters. The Morgan fingerprint density at radius 1 is 1.64 bits per heavy atom. The number of hydrogen-bond donors (Lipinski definition) is 2. The molecule has 0 aromatic heterocycles. The molecule has 0 aromatic rings. The van der Waals surface area contributed by atoms with Crippen molar-refractivity contribution in [3.63, 3.8) is 0 Å². The van der Waals surface area contributed by atoms with Gasteiger partial charge in [0, 0.05) is 19.7 Å². The fraction of sp³-hybridized carbons (Fsp3) is 0.778. The van der Waals surface area contributed by atoms with Crippen LogP contribution < -0.4 is 5.73 Å². The number of aliphatic hydroxyl groups excluding tert-OH is 1. The minimum atomic E-state index is 0.0120. The first kappa shape index (κ1) is 11.4. The number of thiocarbonyl (C=S) groups is 1. The van der Waals surface area contributed by atoms with Crippen molar-refractivity contribution >= 4 is 23.1 Å². The van der Waals surface area contributed by atoms with Crippen LogP contribution in [-0.4, -0.2) is 40.6 Å². The van der Waals surface area contributed by atoms with Gasteiger partial charge in [-0.1, -0.05) is 12.2 Å². The van der Waals surface area contributed by atoms with E-state index in [2.05, 4.69) is 12.2 Å². The molecule has 4 nitrogen and oxygen atoms in total. The highest BCUT2D eigenvalue weighted by Gasteiger charge is 2.25. The zero-order valence-electron chi connectivity index (χ0n) is 8.11. The fourth-order valence-electron chi connectivity index (χ4n) is 1.74. The highest BCUT2D eigenvalue weighted by atomic mass is 32.1. The lowest BCUT2D eigenvalue weighted by molar-refractivity contribution is -0.128. The average Bonchev–Trinajstić information content (AvgIpc) is 2.52. The maximum absolute atomic E-state index is 11.5. The third-order valence-electron chi connectivity index (χ3n) is 2.50. The van der Waals surface area contributed by atoms with Gasteiger partial charge in [-0.25, -0.2) is 0 Å². The zero-order valence-corrected chi connectivity index (χ0v) is 8.92. The summed E-state index contributed by atoms with van der Waals surface area (Å²) in [6.07, 6.45) is 1.92. The minimum absolute atomic E-state index is 0.0120. The summed E-state index contributed by atoms with van der Waals surface area (Å²) in [5, 5.41) is 8.75. The largest absolute Gasteiger partial charge is 0.396 e. The van der Waals surface area contributed by atoms with E-state index in [1.807, 2.05) is 0 Å². The molecule has 5 heteroatoms. The topological polar surface area (TPSA) is 66.6 Å². The number of carbonyl (C=O) groups is 1. The van der Waals surface area contributed by atoms with Gasteiger partial charge in [-0.3, -0.25) is 4.79 Å². The molecule has 0 spiro atoms. The van der Waals surface area contributed by atoms with Crippen molar-refractivity contribution in [2.75, 3.05) is 19.7 Å². The fourth-order valence-corrected chi connectivity index (χ4v) is 1.86. The van der Waals surface area contributed by atoms with Crippen molar-refractivity contribution in [3.05, 3.63) is 0 Å². The molecule has 1 saturated heterocycles. The predicted octanol–water partition coefficient (Wildman–Crippen LogP) is -0.107. The molecule has 1 fully saturated rings. The monoisotopic (exact) mass is 216 g/mol. The van der Waals surface area contributed by atoms with Crippen LogP contribution in [-0.2, 0) is 4.79 Å². The van der Waals surface area contributed by atoms with Crippen molar-refractivity contribution in [1.82, 2.24) is 4.90 Å². The van der Waals surface area contributed by atoms with Crippen LogP contribution in [0.1, 0.15) is 19.3 Å². The summed E-state index contributed by atoms with van der Waals surface area (Å²) in [5.74, 6) is 0.452. The Kier molecular flexibility index (Phi) is 4.28.